The molecule has 0 aliphatic heterocycles. The van der Waals surface area contributed by atoms with E-state index in [9.17, 15) is 19.0 Å². The van der Waals surface area contributed by atoms with E-state index in [0.717, 1.165) is 64.2 Å². The number of nitrogens with zero attached hydrogens (tertiary/aromatic N) is 1. The minimum absolute atomic E-state index is 0.0365. The van der Waals surface area contributed by atoms with Crippen LogP contribution >= 0.6 is 7.82 Å². The molecular weight excluding hydrogens is 677 g/mol. The Hall–Kier alpha value is -1.77. The highest BCUT2D eigenvalue weighted by Gasteiger charge is 2.21. The number of likely N-dealkylation sites (N-methyl/N-ethyl adjacent to an activating group) is 1. The van der Waals surface area contributed by atoms with Gasteiger partial charge in [-0.15, -0.1) is 0 Å². The number of hydrogen-bond donors (Lipinski definition) is 0. The zero-order valence-corrected chi connectivity index (χ0v) is 34.9. The number of hydrogen-bond acceptors (Lipinski definition) is 8. The molecule has 1 unspecified atom stereocenters. The third-order valence-corrected chi connectivity index (χ3v) is 9.62. The monoisotopic (exact) mass is 756 g/mol. The van der Waals surface area contributed by atoms with Crippen molar-refractivity contribution in [2.24, 2.45) is 0 Å². The van der Waals surface area contributed by atoms with Gasteiger partial charge in [0.15, 0.2) is 6.10 Å². The minimum atomic E-state index is -4.63. The summed E-state index contributed by atoms with van der Waals surface area (Å²) in [6.45, 7) is 4.15. The molecule has 0 saturated heterocycles. The smallest absolute Gasteiger partial charge is 0.306 e. The van der Waals surface area contributed by atoms with Crippen LogP contribution in [0.3, 0.4) is 0 Å². The third kappa shape index (κ3) is 38.0. The van der Waals surface area contributed by atoms with Crippen molar-refractivity contribution in [1.82, 2.24) is 0 Å². The molecule has 0 aromatic carbocycles. The fourth-order valence-electron chi connectivity index (χ4n) is 5.34. The molecule has 0 spiro atoms. The predicted octanol–water partition coefficient (Wildman–Crippen LogP) is 10.7. The summed E-state index contributed by atoms with van der Waals surface area (Å²) in [5.41, 5.74) is 0. The number of unbranched alkanes of at least 4 members (excludes halogenated alkanes) is 18. The lowest BCUT2D eigenvalue weighted by Crippen LogP contribution is -2.37. The van der Waals surface area contributed by atoms with E-state index < -0.39 is 32.5 Å². The van der Waals surface area contributed by atoms with Crippen LogP contribution in [0.25, 0.3) is 0 Å². The van der Waals surface area contributed by atoms with Crippen molar-refractivity contribution in [2.75, 3.05) is 47.5 Å². The molecule has 9 nitrogen and oxygen atoms in total. The molecule has 0 rings (SSSR count). The average Bonchev–Trinajstić information content (AvgIpc) is 3.09. The quantitative estimate of drug-likeness (QED) is 0.0154. The van der Waals surface area contributed by atoms with Gasteiger partial charge in [-0.1, -0.05) is 127 Å². The number of rotatable bonds is 37. The Bertz CT molecular complexity index is 991. The molecule has 0 radical (unpaired) electrons. The predicted molar refractivity (Wildman–Crippen MR) is 213 cm³/mol. The summed E-state index contributed by atoms with van der Waals surface area (Å²) < 4.78 is 33.8. The Kier molecular flexibility index (Phi) is 33.8. The van der Waals surface area contributed by atoms with Crippen LogP contribution in [-0.2, 0) is 32.7 Å². The van der Waals surface area contributed by atoms with E-state index in [0.29, 0.717) is 23.9 Å². The normalized spacial score (nSPS) is 14.0. The highest BCUT2D eigenvalue weighted by molar-refractivity contribution is 7.45. The summed E-state index contributed by atoms with van der Waals surface area (Å²) in [4.78, 5) is 37.4. The van der Waals surface area contributed by atoms with Gasteiger partial charge < -0.3 is 27.9 Å². The molecule has 0 bridgehead atoms. The number of allylic oxidation sites excluding steroid dienone is 6. The van der Waals surface area contributed by atoms with Crippen LogP contribution in [0, 0.1) is 0 Å². The number of carbonyl (C=O) groups is 2. The lowest BCUT2D eigenvalue weighted by Gasteiger charge is -2.28. The summed E-state index contributed by atoms with van der Waals surface area (Å²) in [6, 6.07) is 0. The highest BCUT2D eigenvalue weighted by atomic mass is 31.2. The summed E-state index contributed by atoms with van der Waals surface area (Å²) >= 11 is 0. The second-order valence-electron chi connectivity index (χ2n) is 15.0. The summed E-state index contributed by atoms with van der Waals surface area (Å²) in [6.07, 6.45) is 37.4. The molecule has 0 aromatic rings. The molecule has 10 heteroatoms. The lowest BCUT2D eigenvalue weighted by atomic mass is 10.1. The van der Waals surface area contributed by atoms with Crippen molar-refractivity contribution < 1.29 is 42.1 Å². The molecule has 304 valence electrons. The molecule has 2 atom stereocenters. The first-order valence-corrected chi connectivity index (χ1v) is 22.2. The summed E-state index contributed by atoms with van der Waals surface area (Å²) in [5.74, 6) is -0.872. The van der Waals surface area contributed by atoms with Crippen LogP contribution in [0.2, 0.25) is 0 Å². The van der Waals surface area contributed by atoms with Gasteiger partial charge in [0.2, 0.25) is 0 Å². The van der Waals surface area contributed by atoms with E-state index in [-0.39, 0.29) is 26.1 Å². The molecule has 0 aromatic heterocycles. The number of quaternary nitrogens is 1. The van der Waals surface area contributed by atoms with Crippen molar-refractivity contribution in [2.45, 2.75) is 174 Å². The minimum Gasteiger partial charge on any atom is -0.756 e. The van der Waals surface area contributed by atoms with Crippen molar-refractivity contribution in [3.8, 4) is 0 Å². The fraction of sp³-hybridized carbons (Fsp3) is 0.810. The lowest BCUT2D eigenvalue weighted by molar-refractivity contribution is -0.870. The van der Waals surface area contributed by atoms with Gasteiger partial charge in [0.05, 0.1) is 27.7 Å². The van der Waals surface area contributed by atoms with Gasteiger partial charge in [-0.25, -0.2) is 0 Å². The van der Waals surface area contributed by atoms with Gasteiger partial charge in [0, 0.05) is 12.8 Å². The maximum atomic E-state index is 12.6. The molecule has 0 aliphatic rings. The Morgan fingerprint density at radius 1 is 0.596 bits per heavy atom. The van der Waals surface area contributed by atoms with E-state index in [4.69, 9.17) is 18.5 Å². The van der Waals surface area contributed by atoms with Gasteiger partial charge in [0.1, 0.15) is 19.8 Å². The van der Waals surface area contributed by atoms with E-state index in [2.05, 4.69) is 50.3 Å². The maximum absolute atomic E-state index is 12.6. The molecular formula is C42H78NO8P. The number of carbonyl (C=O) groups excluding carboxylic acids is 2. The number of ether oxygens (including phenoxy) is 2. The highest BCUT2D eigenvalue weighted by Crippen LogP contribution is 2.38. The Morgan fingerprint density at radius 2 is 1.04 bits per heavy atom. The van der Waals surface area contributed by atoms with Crippen molar-refractivity contribution >= 4 is 19.8 Å². The van der Waals surface area contributed by atoms with Gasteiger partial charge in [-0.2, -0.15) is 0 Å². The zero-order chi connectivity index (χ0) is 38.6. The molecule has 0 heterocycles. The second kappa shape index (κ2) is 35.0. The van der Waals surface area contributed by atoms with E-state index in [1.54, 1.807) is 0 Å². The van der Waals surface area contributed by atoms with Gasteiger partial charge >= 0.3 is 11.9 Å². The van der Waals surface area contributed by atoms with Crippen LogP contribution in [0.4, 0.5) is 0 Å². The Labute approximate surface area is 319 Å². The van der Waals surface area contributed by atoms with Crippen LogP contribution in [0.15, 0.2) is 36.5 Å². The molecule has 0 fully saturated rings. The molecule has 0 N–H and O–H groups in total. The van der Waals surface area contributed by atoms with Crippen LogP contribution in [0.1, 0.15) is 168 Å². The third-order valence-electron chi connectivity index (χ3n) is 8.66. The fourth-order valence-corrected chi connectivity index (χ4v) is 6.07. The first-order valence-electron chi connectivity index (χ1n) is 20.7. The van der Waals surface area contributed by atoms with E-state index in [1.807, 2.05) is 21.1 Å². The zero-order valence-electron chi connectivity index (χ0n) is 34.0. The van der Waals surface area contributed by atoms with Crippen LogP contribution in [-0.4, -0.2) is 70.0 Å². The van der Waals surface area contributed by atoms with Gasteiger partial charge in [-0.3, -0.25) is 14.2 Å². The topological polar surface area (TPSA) is 111 Å². The number of phosphoric acid groups is 1. The van der Waals surface area contributed by atoms with Crippen molar-refractivity contribution in [3.05, 3.63) is 36.5 Å². The van der Waals surface area contributed by atoms with Gasteiger partial charge in [0.25, 0.3) is 7.82 Å². The Balaban J connectivity index is 4.46. The van der Waals surface area contributed by atoms with Crippen LogP contribution < -0.4 is 4.89 Å². The molecule has 0 amide bonds. The number of phosphoric ester groups is 1. The Morgan fingerprint density at radius 3 is 1.58 bits per heavy atom. The average molecular weight is 756 g/mol. The first kappa shape index (κ1) is 50.2. The standard InChI is InChI=1S/C42H78NO8P/c1-6-8-10-12-14-16-18-20-21-23-25-27-29-31-33-35-42(45)51-40(39-50-52(46,47)49-37-36-43(3,4)5)38-48-41(44)34-32-30-28-26-24-22-19-17-15-13-11-9-7-2/h16,18,20-22,24,40H,6-15,17,19,23,25-39H2,1-5H3/b18-16+,21-20+,24-22+/t40-/m1/s1. The first-order chi connectivity index (χ1) is 25.0. The molecule has 0 saturated carbocycles. The van der Waals surface area contributed by atoms with Gasteiger partial charge in [-0.05, 0) is 64.2 Å². The number of esters is 2. The van der Waals surface area contributed by atoms with Crippen LogP contribution in [0.5, 0.6) is 0 Å². The molecule has 52 heavy (non-hydrogen) atoms. The van der Waals surface area contributed by atoms with Crippen molar-refractivity contribution in [3.63, 3.8) is 0 Å². The summed E-state index contributed by atoms with van der Waals surface area (Å²) in [7, 11) is 1.14. The largest absolute Gasteiger partial charge is 0.756 e. The summed E-state index contributed by atoms with van der Waals surface area (Å²) in [5, 5.41) is 0. The van der Waals surface area contributed by atoms with E-state index in [1.165, 1.54) is 64.2 Å². The maximum Gasteiger partial charge on any atom is 0.306 e. The second-order valence-corrected chi connectivity index (χ2v) is 16.4. The SMILES string of the molecule is CCCCCC/C=C/C=C/CCCCCCCC(=O)O[C@H](COC(=O)CCCCC/C=C/CCCCCCCC)COP(=O)([O-])OCC[N+](C)(C)C. The molecule has 0 aliphatic carbocycles. The van der Waals surface area contributed by atoms with E-state index >= 15 is 0 Å². The van der Waals surface area contributed by atoms with Crippen molar-refractivity contribution in [1.29, 1.82) is 0 Å².